The minimum Gasteiger partial charge on any atom is -0.465 e. The lowest BCUT2D eigenvalue weighted by molar-refractivity contribution is -0.148. The average Bonchev–Trinajstić information content (AvgIpc) is 3.35. The predicted molar refractivity (Wildman–Crippen MR) is 105 cm³/mol. The van der Waals surface area contributed by atoms with Gasteiger partial charge in [-0.2, -0.15) is 0 Å². The molecule has 4 nitrogen and oxygen atoms in total. The molecule has 3 fully saturated rings. The molecular formula is C23H36O4. The summed E-state index contributed by atoms with van der Waals surface area (Å²) in [5.74, 6) is 1.88. The summed E-state index contributed by atoms with van der Waals surface area (Å²) in [5.41, 5.74) is 3.35. The van der Waals surface area contributed by atoms with Crippen molar-refractivity contribution in [3.8, 4) is 0 Å². The van der Waals surface area contributed by atoms with Crippen LogP contribution in [0.3, 0.4) is 0 Å². The number of fused-ring (bicyclic) bond motifs is 3. The lowest BCUT2D eigenvalue weighted by Gasteiger charge is -2.41. The Hall–Kier alpha value is -1.32. The topological polar surface area (TPSA) is 52.6 Å². The summed E-state index contributed by atoms with van der Waals surface area (Å²) in [5, 5.41) is 0. The molecule has 0 heterocycles. The zero-order valence-electron chi connectivity index (χ0n) is 17.7. The zero-order valence-corrected chi connectivity index (χ0v) is 17.7. The molecule has 152 valence electrons. The highest BCUT2D eigenvalue weighted by Crippen LogP contribution is 2.76. The molecule has 4 heteroatoms. The van der Waals surface area contributed by atoms with Gasteiger partial charge in [-0.3, -0.25) is 9.59 Å². The molecule has 0 bridgehead atoms. The normalized spacial score (nSPS) is 38.6. The summed E-state index contributed by atoms with van der Waals surface area (Å²) in [6.07, 6.45) is 6.76. The smallest absolute Gasteiger partial charge is 0.305 e. The zero-order chi connectivity index (χ0) is 19.8. The second-order valence-corrected chi connectivity index (χ2v) is 9.37. The molecule has 0 amide bonds. The van der Waals surface area contributed by atoms with E-state index in [1.807, 2.05) is 13.8 Å². The van der Waals surface area contributed by atoms with Crippen LogP contribution < -0.4 is 0 Å². The van der Waals surface area contributed by atoms with Gasteiger partial charge in [0.2, 0.25) is 0 Å². The number of carbonyl (C=O) groups excluding carboxylic acids is 2. The van der Waals surface area contributed by atoms with Crippen LogP contribution in [-0.4, -0.2) is 25.2 Å². The molecule has 5 atom stereocenters. The van der Waals surface area contributed by atoms with E-state index in [9.17, 15) is 9.59 Å². The summed E-state index contributed by atoms with van der Waals surface area (Å²) in [4.78, 5) is 23.2. The number of ether oxygens (including phenoxy) is 2. The highest BCUT2D eigenvalue weighted by molar-refractivity contribution is 5.69. The summed E-state index contributed by atoms with van der Waals surface area (Å²) in [7, 11) is 0. The Balaban J connectivity index is 1.75. The van der Waals surface area contributed by atoms with Crippen molar-refractivity contribution in [2.45, 2.75) is 79.6 Å². The molecule has 0 N–H and O–H groups in total. The summed E-state index contributed by atoms with van der Waals surface area (Å²) < 4.78 is 11.0. The van der Waals surface area contributed by atoms with E-state index in [1.165, 1.54) is 18.4 Å². The standard InChI is InChI=1S/C23H36O4/c1-6-19(24)26-13-15(4)21-16-9-10-22(5,14-27-20(25)7-2)11-17(16)18-12-23(18,21)8-3/h16-18H,6-14H2,1-5H3/b21-15-/t16?,17?,18-,22?,23?/m0/s1. The predicted octanol–water partition coefficient (Wildman–Crippen LogP) is 5.06. The van der Waals surface area contributed by atoms with Crippen LogP contribution in [0.5, 0.6) is 0 Å². The van der Waals surface area contributed by atoms with Crippen LogP contribution in [0, 0.1) is 28.6 Å². The van der Waals surface area contributed by atoms with Gasteiger partial charge in [-0.15, -0.1) is 0 Å². The van der Waals surface area contributed by atoms with Crippen LogP contribution in [0.4, 0.5) is 0 Å². The summed E-state index contributed by atoms with van der Waals surface area (Å²) in [6, 6.07) is 0. The van der Waals surface area contributed by atoms with Gasteiger partial charge < -0.3 is 9.47 Å². The third-order valence-electron chi connectivity index (χ3n) is 7.56. The van der Waals surface area contributed by atoms with E-state index in [-0.39, 0.29) is 17.4 Å². The Morgan fingerprint density at radius 1 is 1.07 bits per heavy atom. The summed E-state index contributed by atoms with van der Waals surface area (Å²) in [6.45, 7) is 11.5. The van der Waals surface area contributed by atoms with Crippen molar-refractivity contribution in [2.75, 3.05) is 13.2 Å². The molecule has 3 aliphatic rings. The Morgan fingerprint density at radius 2 is 1.74 bits per heavy atom. The summed E-state index contributed by atoms with van der Waals surface area (Å²) >= 11 is 0. The van der Waals surface area contributed by atoms with Gasteiger partial charge in [0.15, 0.2) is 0 Å². The van der Waals surface area contributed by atoms with Crippen LogP contribution >= 0.6 is 0 Å². The lowest BCUT2D eigenvalue weighted by Crippen LogP contribution is -2.35. The van der Waals surface area contributed by atoms with Gasteiger partial charge in [-0.1, -0.05) is 33.3 Å². The van der Waals surface area contributed by atoms with Crippen LogP contribution in [0.25, 0.3) is 0 Å². The number of carbonyl (C=O) groups is 2. The maximum Gasteiger partial charge on any atom is 0.305 e. The first-order chi connectivity index (χ1) is 12.8. The highest BCUT2D eigenvalue weighted by Gasteiger charge is 2.68. The molecular weight excluding hydrogens is 340 g/mol. The first kappa shape index (κ1) is 20.4. The Labute approximate surface area is 164 Å². The van der Waals surface area contributed by atoms with Crippen molar-refractivity contribution in [1.82, 2.24) is 0 Å². The third-order valence-corrected chi connectivity index (χ3v) is 7.56. The van der Waals surface area contributed by atoms with E-state index in [1.54, 1.807) is 5.57 Å². The third kappa shape index (κ3) is 3.69. The number of esters is 2. The highest BCUT2D eigenvalue weighted by atomic mass is 16.5. The van der Waals surface area contributed by atoms with Crippen molar-refractivity contribution in [3.63, 3.8) is 0 Å². The molecule has 3 saturated carbocycles. The molecule has 3 rings (SSSR count). The van der Waals surface area contributed by atoms with Crippen LogP contribution in [0.15, 0.2) is 11.1 Å². The van der Waals surface area contributed by atoms with E-state index in [0.29, 0.717) is 43.3 Å². The molecule has 0 spiro atoms. The fourth-order valence-corrected chi connectivity index (χ4v) is 6.08. The Morgan fingerprint density at radius 3 is 2.37 bits per heavy atom. The fourth-order valence-electron chi connectivity index (χ4n) is 6.08. The number of allylic oxidation sites excluding steroid dienone is 1. The van der Waals surface area contributed by atoms with Gasteiger partial charge in [-0.25, -0.2) is 0 Å². The molecule has 27 heavy (non-hydrogen) atoms. The molecule has 4 unspecified atom stereocenters. The van der Waals surface area contributed by atoms with E-state index in [0.717, 1.165) is 25.2 Å². The molecule has 0 radical (unpaired) electrons. The molecule has 3 aliphatic carbocycles. The van der Waals surface area contributed by atoms with Gasteiger partial charge in [-0.05, 0) is 67.8 Å². The monoisotopic (exact) mass is 376 g/mol. The van der Waals surface area contributed by atoms with E-state index < -0.39 is 0 Å². The van der Waals surface area contributed by atoms with Gasteiger partial charge in [0, 0.05) is 18.3 Å². The number of hydrogen-bond acceptors (Lipinski definition) is 4. The van der Waals surface area contributed by atoms with E-state index in [4.69, 9.17) is 9.47 Å². The first-order valence-electron chi connectivity index (χ1n) is 10.8. The molecule has 0 aliphatic heterocycles. The number of rotatable bonds is 7. The first-order valence-corrected chi connectivity index (χ1v) is 10.8. The van der Waals surface area contributed by atoms with Crippen molar-refractivity contribution in [1.29, 1.82) is 0 Å². The molecule has 0 aromatic rings. The second-order valence-electron chi connectivity index (χ2n) is 9.37. The minimum atomic E-state index is -0.114. The largest absolute Gasteiger partial charge is 0.465 e. The maximum absolute atomic E-state index is 11.6. The van der Waals surface area contributed by atoms with Crippen molar-refractivity contribution < 1.29 is 19.1 Å². The van der Waals surface area contributed by atoms with Gasteiger partial charge in [0.1, 0.15) is 6.61 Å². The van der Waals surface area contributed by atoms with Gasteiger partial charge >= 0.3 is 11.9 Å². The molecule has 0 saturated heterocycles. The minimum absolute atomic E-state index is 0.0896. The quantitative estimate of drug-likeness (QED) is 0.460. The molecule has 0 aromatic carbocycles. The second kappa shape index (κ2) is 7.60. The van der Waals surface area contributed by atoms with Crippen LogP contribution in [0.2, 0.25) is 0 Å². The average molecular weight is 377 g/mol. The van der Waals surface area contributed by atoms with Crippen molar-refractivity contribution in [3.05, 3.63) is 11.1 Å². The SMILES string of the molecule is CCC(=O)OC/C(C)=C1/C2CCC(C)(COC(=O)CC)CC2[C@@H]2CC12CC. The van der Waals surface area contributed by atoms with Gasteiger partial charge in [0.05, 0.1) is 6.61 Å². The van der Waals surface area contributed by atoms with E-state index in [2.05, 4.69) is 20.8 Å². The fraction of sp³-hybridized carbons (Fsp3) is 0.826. The Bertz CT molecular complexity index is 636. The van der Waals surface area contributed by atoms with Crippen LogP contribution in [-0.2, 0) is 19.1 Å². The van der Waals surface area contributed by atoms with E-state index >= 15 is 0 Å². The maximum atomic E-state index is 11.6. The van der Waals surface area contributed by atoms with Crippen molar-refractivity contribution in [2.24, 2.45) is 28.6 Å². The van der Waals surface area contributed by atoms with Gasteiger partial charge in [0.25, 0.3) is 0 Å². The lowest BCUT2D eigenvalue weighted by atomic mass is 9.65. The van der Waals surface area contributed by atoms with Crippen molar-refractivity contribution >= 4 is 11.9 Å². The molecule has 0 aromatic heterocycles. The Kier molecular flexibility index (Phi) is 5.74. The number of hydrogen-bond donors (Lipinski definition) is 0. The van der Waals surface area contributed by atoms with Crippen LogP contribution in [0.1, 0.15) is 79.6 Å².